The van der Waals surface area contributed by atoms with Gasteiger partial charge in [-0.2, -0.15) is 0 Å². The molecule has 2 unspecified atom stereocenters. The van der Waals surface area contributed by atoms with Gasteiger partial charge in [0.05, 0.1) is 4.92 Å². The van der Waals surface area contributed by atoms with Crippen molar-refractivity contribution in [1.82, 2.24) is 5.32 Å². The number of para-hydroxylation sites is 1. The van der Waals surface area contributed by atoms with E-state index in [1.54, 1.807) is 23.5 Å². The van der Waals surface area contributed by atoms with Gasteiger partial charge in [0.15, 0.2) is 0 Å². The van der Waals surface area contributed by atoms with Crippen molar-refractivity contribution in [3.8, 4) is 0 Å². The lowest BCUT2D eigenvalue weighted by Crippen LogP contribution is -2.28. The first-order valence-electron chi connectivity index (χ1n) is 7.03. The summed E-state index contributed by atoms with van der Waals surface area (Å²) < 4.78 is 0. The standard InChI is InChI=1S/C16H20N2O2S/c1-11(2)16(15-9-6-10-21-15)17-12(3)13-7-4-5-8-14(13)18(19)20/h4-12,16-17H,1-3H3. The zero-order chi connectivity index (χ0) is 15.4. The van der Waals surface area contributed by atoms with Crippen LogP contribution >= 0.6 is 11.3 Å². The molecule has 2 aromatic rings. The van der Waals surface area contributed by atoms with Crippen LogP contribution in [0.3, 0.4) is 0 Å². The first-order valence-corrected chi connectivity index (χ1v) is 7.91. The summed E-state index contributed by atoms with van der Waals surface area (Å²) in [5.41, 5.74) is 0.899. The monoisotopic (exact) mass is 304 g/mol. The predicted octanol–water partition coefficient (Wildman–Crippen LogP) is 4.70. The third-order valence-electron chi connectivity index (χ3n) is 3.55. The first kappa shape index (κ1) is 15.7. The van der Waals surface area contributed by atoms with E-state index in [4.69, 9.17) is 0 Å². The molecule has 5 heteroatoms. The molecule has 1 aromatic heterocycles. The van der Waals surface area contributed by atoms with E-state index in [2.05, 4.69) is 30.6 Å². The quantitative estimate of drug-likeness (QED) is 0.621. The molecule has 0 aliphatic carbocycles. The zero-order valence-corrected chi connectivity index (χ0v) is 13.3. The number of thiophene rings is 1. The van der Waals surface area contributed by atoms with E-state index in [0.29, 0.717) is 5.92 Å². The molecule has 0 aliphatic rings. The number of benzene rings is 1. The number of hydrogen-bond acceptors (Lipinski definition) is 4. The predicted molar refractivity (Wildman–Crippen MR) is 86.5 cm³/mol. The van der Waals surface area contributed by atoms with Crippen LogP contribution in [0.25, 0.3) is 0 Å². The fraction of sp³-hybridized carbons (Fsp3) is 0.375. The average Bonchev–Trinajstić information content (AvgIpc) is 2.97. The summed E-state index contributed by atoms with van der Waals surface area (Å²) in [6, 6.07) is 11.2. The van der Waals surface area contributed by atoms with E-state index >= 15 is 0 Å². The van der Waals surface area contributed by atoms with Crippen LogP contribution in [-0.4, -0.2) is 4.92 Å². The average molecular weight is 304 g/mol. The molecule has 1 heterocycles. The van der Waals surface area contributed by atoms with Crippen LogP contribution in [0, 0.1) is 16.0 Å². The van der Waals surface area contributed by atoms with Crippen molar-refractivity contribution < 1.29 is 4.92 Å². The minimum atomic E-state index is -0.316. The second kappa shape index (κ2) is 6.83. The van der Waals surface area contributed by atoms with E-state index < -0.39 is 0 Å². The Kier molecular flexibility index (Phi) is 5.09. The van der Waals surface area contributed by atoms with Gasteiger partial charge in [-0.1, -0.05) is 38.1 Å². The van der Waals surface area contributed by atoms with Gasteiger partial charge in [-0.25, -0.2) is 0 Å². The van der Waals surface area contributed by atoms with E-state index in [9.17, 15) is 10.1 Å². The van der Waals surface area contributed by atoms with Crippen LogP contribution < -0.4 is 5.32 Å². The molecule has 0 radical (unpaired) electrons. The van der Waals surface area contributed by atoms with Gasteiger partial charge in [-0.3, -0.25) is 10.1 Å². The number of nitro benzene ring substituents is 1. The van der Waals surface area contributed by atoms with Crippen molar-refractivity contribution in [3.63, 3.8) is 0 Å². The molecule has 1 N–H and O–H groups in total. The van der Waals surface area contributed by atoms with E-state index in [1.165, 1.54) is 4.88 Å². The second-order valence-electron chi connectivity index (χ2n) is 5.44. The Balaban J connectivity index is 2.24. The largest absolute Gasteiger partial charge is 0.302 e. The van der Waals surface area contributed by atoms with Crippen LogP contribution in [0.2, 0.25) is 0 Å². The van der Waals surface area contributed by atoms with Gasteiger partial charge in [0.2, 0.25) is 0 Å². The maximum atomic E-state index is 11.2. The lowest BCUT2D eigenvalue weighted by molar-refractivity contribution is -0.385. The molecular weight excluding hydrogens is 284 g/mol. The van der Waals surface area contributed by atoms with Gasteiger partial charge in [-0.15, -0.1) is 11.3 Å². The minimum Gasteiger partial charge on any atom is -0.302 e. The van der Waals surface area contributed by atoms with E-state index in [-0.39, 0.29) is 22.7 Å². The Labute approximate surface area is 129 Å². The van der Waals surface area contributed by atoms with Gasteiger partial charge in [0.1, 0.15) is 0 Å². The van der Waals surface area contributed by atoms with Crippen LogP contribution in [0.15, 0.2) is 41.8 Å². The molecule has 1 aromatic carbocycles. The number of nitrogens with zero attached hydrogens (tertiary/aromatic N) is 1. The Morgan fingerprint density at radius 3 is 2.43 bits per heavy atom. The van der Waals surface area contributed by atoms with Crippen molar-refractivity contribution in [2.45, 2.75) is 32.9 Å². The molecule has 2 atom stereocenters. The Hall–Kier alpha value is -1.72. The summed E-state index contributed by atoms with van der Waals surface area (Å²) in [6.45, 7) is 6.29. The highest BCUT2D eigenvalue weighted by Gasteiger charge is 2.23. The fourth-order valence-electron chi connectivity index (χ4n) is 2.45. The molecule has 0 fully saturated rings. The van der Waals surface area contributed by atoms with E-state index in [0.717, 1.165) is 5.56 Å². The number of nitro groups is 1. The highest BCUT2D eigenvalue weighted by Crippen LogP contribution is 2.31. The van der Waals surface area contributed by atoms with Crippen molar-refractivity contribution in [2.24, 2.45) is 5.92 Å². The molecule has 4 nitrogen and oxygen atoms in total. The lowest BCUT2D eigenvalue weighted by Gasteiger charge is -2.25. The summed E-state index contributed by atoms with van der Waals surface area (Å²) in [4.78, 5) is 12.1. The summed E-state index contributed by atoms with van der Waals surface area (Å²) in [5.74, 6) is 0.411. The Morgan fingerprint density at radius 2 is 1.86 bits per heavy atom. The molecule has 0 amide bonds. The molecule has 0 spiro atoms. The van der Waals surface area contributed by atoms with Crippen molar-refractivity contribution in [1.29, 1.82) is 0 Å². The van der Waals surface area contributed by atoms with Crippen molar-refractivity contribution in [2.75, 3.05) is 0 Å². The van der Waals surface area contributed by atoms with Gasteiger partial charge in [0, 0.05) is 28.6 Å². The molecule has 0 bridgehead atoms. The maximum absolute atomic E-state index is 11.2. The summed E-state index contributed by atoms with van der Waals surface area (Å²) in [7, 11) is 0. The van der Waals surface area contributed by atoms with Crippen LogP contribution in [0.1, 0.15) is 43.3 Å². The normalized spacial score (nSPS) is 14.1. The molecule has 0 saturated carbocycles. The Morgan fingerprint density at radius 1 is 1.14 bits per heavy atom. The maximum Gasteiger partial charge on any atom is 0.274 e. The Bertz CT molecular complexity index is 596. The van der Waals surface area contributed by atoms with Crippen molar-refractivity contribution >= 4 is 17.0 Å². The molecular formula is C16H20N2O2S. The molecule has 112 valence electrons. The number of nitrogens with one attached hydrogen (secondary N) is 1. The summed E-state index contributed by atoms with van der Waals surface area (Å²) in [6.07, 6.45) is 0. The SMILES string of the molecule is CC(NC(c1cccs1)C(C)C)c1ccccc1[N+](=O)[O-]. The highest BCUT2D eigenvalue weighted by atomic mass is 32.1. The smallest absolute Gasteiger partial charge is 0.274 e. The number of rotatable bonds is 6. The third kappa shape index (κ3) is 3.68. The summed E-state index contributed by atoms with van der Waals surface area (Å²) in [5, 5.41) is 16.7. The van der Waals surface area contributed by atoms with Gasteiger partial charge in [-0.05, 0) is 24.3 Å². The highest BCUT2D eigenvalue weighted by molar-refractivity contribution is 7.10. The lowest BCUT2D eigenvalue weighted by atomic mass is 9.99. The van der Waals surface area contributed by atoms with Crippen LogP contribution in [-0.2, 0) is 0 Å². The topological polar surface area (TPSA) is 55.2 Å². The first-order chi connectivity index (χ1) is 10.0. The fourth-order valence-corrected chi connectivity index (χ4v) is 3.41. The summed E-state index contributed by atoms with van der Waals surface area (Å²) >= 11 is 1.71. The molecule has 0 saturated heterocycles. The van der Waals surface area contributed by atoms with Gasteiger partial charge in [0.25, 0.3) is 5.69 Å². The second-order valence-corrected chi connectivity index (χ2v) is 6.42. The van der Waals surface area contributed by atoms with Gasteiger partial charge < -0.3 is 5.32 Å². The van der Waals surface area contributed by atoms with E-state index in [1.807, 2.05) is 25.1 Å². The zero-order valence-electron chi connectivity index (χ0n) is 12.4. The number of hydrogen-bond donors (Lipinski definition) is 1. The van der Waals surface area contributed by atoms with Crippen LogP contribution in [0.4, 0.5) is 5.69 Å². The van der Waals surface area contributed by atoms with Crippen LogP contribution in [0.5, 0.6) is 0 Å². The van der Waals surface area contributed by atoms with Crippen molar-refractivity contribution in [3.05, 3.63) is 62.3 Å². The minimum absolute atomic E-state index is 0.0823. The molecule has 0 aliphatic heterocycles. The molecule has 2 rings (SSSR count). The third-order valence-corrected chi connectivity index (χ3v) is 4.50. The molecule has 21 heavy (non-hydrogen) atoms. The van der Waals surface area contributed by atoms with Gasteiger partial charge >= 0.3 is 0 Å².